The quantitative estimate of drug-likeness (QED) is 0.246. The van der Waals surface area contributed by atoms with Gasteiger partial charge in [0.1, 0.15) is 0 Å². The molecule has 0 fully saturated rings. The molecule has 0 aliphatic heterocycles. The maximum atomic E-state index is 8.49. The fourth-order valence-electron chi connectivity index (χ4n) is 0.868. The molecule has 16 heavy (non-hydrogen) atoms. The van der Waals surface area contributed by atoms with Gasteiger partial charge in [-0.25, -0.2) is 4.63 Å². The third-order valence-electron chi connectivity index (χ3n) is 1.55. The van der Waals surface area contributed by atoms with Gasteiger partial charge < -0.3 is 15.5 Å². The van der Waals surface area contributed by atoms with Crippen LogP contribution in [0.5, 0.6) is 0 Å². The van der Waals surface area contributed by atoms with Crippen LogP contribution in [-0.4, -0.2) is 31.5 Å². The van der Waals surface area contributed by atoms with E-state index in [0.29, 0.717) is 16.6 Å². The van der Waals surface area contributed by atoms with E-state index in [-0.39, 0.29) is 11.5 Å². The summed E-state index contributed by atoms with van der Waals surface area (Å²) in [5, 5.41) is 22.4. The number of oxime groups is 1. The van der Waals surface area contributed by atoms with E-state index < -0.39 is 0 Å². The van der Waals surface area contributed by atoms with Crippen molar-refractivity contribution in [1.29, 1.82) is 0 Å². The van der Waals surface area contributed by atoms with Crippen molar-refractivity contribution in [2.75, 3.05) is 0 Å². The number of nitrogens with two attached hydrogens (primary N) is 1. The highest BCUT2D eigenvalue weighted by Crippen LogP contribution is 2.21. The van der Waals surface area contributed by atoms with Crippen LogP contribution in [0.2, 0.25) is 0 Å². The van der Waals surface area contributed by atoms with Crippen molar-refractivity contribution in [3.05, 3.63) is 17.9 Å². The number of hydrogen-bond donors (Lipinski definition) is 2. The van der Waals surface area contributed by atoms with Gasteiger partial charge in [-0.2, -0.15) is 4.98 Å². The minimum atomic E-state index is -0.170. The van der Waals surface area contributed by atoms with E-state index >= 15 is 0 Å². The first kappa shape index (κ1) is 10.4. The summed E-state index contributed by atoms with van der Waals surface area (Å²) in [5.74, 6) is 0.742. The summed E-state index contributed by atoms with van der Waals surface area (Å²) in [5.41, 5.74) is 5.54. The number of hydrogen-bond acceptors (Lipinski definition) is 9. The number of aromatic nitrogens is 4. The molecule has 0 unspecified atom stereocenters. The van der Waals surface area contributed by atoms with Gasteiger partial charge in [0.25, 0.3) is 0 Å². The Bertz CT molecular complexity index is 480. The summed E-state index contributed by atoms with van der Waals surface area (Å²) in [6.07, 6.45) is 1.22. The van der Waals surface area contributed by atoms with Gasteiger partial charge >= 0.3 is 0 Å². The fraction of sp³-hybridized carbons (Fsp3) is 0.167. The van der Waals surface area contributed by atoms with E-state index in [9.17, 15) is 0 Å². The molecule has 0 amide bonds. The number of nitrogens with zero attached hydrogens (tertiary/aromatic N) is 5. The molecule has 9 nitrogen and oxygen atoms in total. The SMILES string of the molecule is N/C(=N\O)c1nonc1SCc1ncon1. The molecule has 0 spiro atoms. The van der Waals surface area contributed by atoms with E-state index in [2.05, 4.69) is 34.8 Å². The number of amidine groups is 1. The van der Waals surface area contributed by atoms with Crippen molar-refractivity contribution >= 4 is 17.6 Å². The number of rotatable bonds is 4. The van der Waals surface area contributed by atoms with Crippen molar-refractivity contribution < 1.29 is 14.4 Å². The van der Waals surface area contributed by atoms with Crippen LogP contribution in [0.3, 0.4) is 0 Å². The Hall–Kier alpha value is -2.10. The highest BCUT2D eigenvalue weighted by Gasteiger charge is 2.15. The average molecular weight is 242 g/mol. The summed E-state index contributed by atoms with van der Waals surface area (Å²) in [7, 11) is 0. The maximum absolute atomic E-state index is 8.49. The average Bonchev–Trinajstić information content (AvgIpc) is 2.96. The minimum absolute atomic E-state index is 0.170. The Labute approximate surface area is 92.6 Å². The lowest BCUT2D eigenvalue weighted by Gasteiger charge is -1.94. The molecular weight excluding hydrogens is 236 g/mol. The zero-order chi connectivity index (χ0) is 11.4. The van der Waals surface area contributed by atoms with Crippen molar-refractivity contribution in [3.63, 3.8) is 0 Å². The Morgan fingerprint density at radius 2 is 2.38 bits per heavy atom. The largest absolute Gasteiger partial charge is 0.409 e. The first-order valence-electron chi connectivity index (χ1n) is 3.99. The summed E-state index contributed by atoms with van der Waals surface area (Å²) >= 11 is 1.23. The van der Waals surface area contributed by atoms with Crippen LogP contribution in [0.15, 0.2) is 25.7 Å². The lowest BCUT2D eigenvalue weighted by Crippen LogP contribution is -2.14. The second kappa shape index (κ2) is 4.61. The molecular formula is C6H6N6O3S. The zero-order valence-electron chi connectivity index (χ0n) is 7.77. The lowest BCUT2D eigenvalue weighted by molar-refractivity contribution is 0.296. The standard InChI is InChI=1S/C6H6N6O3S/c7-5(9-13)4-6(12-15-11-4)16-1-3-8-2-14-10-3/h2,13H,1H2,(H2,7,9). The van der Waals surface area contributed by atoms with Crippen molar-refractivity contribution in [3.8, 4) is 0 Å². The highest BCUT2D eigenvalue weighted by atomic mass is 32.2. The van der Waals surface area contributed by atoms with Crippen LogP contribution in [-0.2, 0) is 5.75 Å². The molecule has 3 N–H and O–H groups in total. The zero-order valence-corrected chi connectivity index (χ0v) is 8.59. The van der Waals surface area contributed by atoms with Gasteiger partial charge in [-0.15, -0.1) is 0 Å². The smallest absolute Gasteiger partial charge is 0.213 e. The van der Waals surface area contributed by atoms with Crippen LogP contribution in [0, 0.1) is 0 Å². The van der Waals surface area contributed by atoms with Crippen LogP contribution < -0.4 is 5.73 Å². The normalized spacial score (nSPS) is 11.9. The van der Waals surface area contributed by atoms with Crippen LogP contribution in [0.1, 0.15) is 11.5 Å². The molecule has 10 heteroatoms. The van der Waals surface area contributed by atoms with E-state index in [4.69, 9.17) is 10.9 Å². The predicted molar refractivity (Wildman–Crippen MR) is 50.7 cm³/mol. The Morgan fingerprint density at radius 3 is 3.06 bits per heavy atom. The Balaban J connectivity index is 2.07. The molecule has 0 aliphatic carbocycles. The first-order chi connectivity index (χ1) is 7.81. The summed E-state index contributed by atoms with van der Waals surface area (Å²) in [6, 6.07) is 0. The monoisotopic (exact) mass is 242 g/mol. The van der Waals surface area contributed by atoms with Crippen molar-refractivity contribution in [1.82, 2.24) is 20.5 Å². The molecule has 84 valence electrons. The molecule has 2 aromatic rings. The summed E-state index contributed by atoms with van der Waals surface area (Å²) in [6.45, 7) is 0. The predicted octanol–water partition coefficient (Wildman–Crippen LogP) is -0.161. The van der Waals surface area contributed by atoms with Crippen LogP contribution in [0.25, 0.3) is 0 Å². The topological polar surface area (TPSA) is 136 Å². The van der Waals surface area contributed by atoms with Gasteiger partial charge in [0.2, 0.25) is 6.39 Å². The molecule has 0 saturated carbocycles. The van der Waals surface area contributed by atoms with Gasteiger partial charge in [0.15, 0.2) is 22.4 Å². The number of thioether (sulfide) groups is 1. The van der Waals surface area contributed by atoms with Gasteiger partial charge in [-0.1, -0.05) is 22.1 Å². The first-order valence-corrected chi connectivity index (χ1v) is 4.98. The molecule has 0 radical (unpaired) electrons. The van der Waals surface area contributed by atoms with Crippen molar-refractivity contribution in [2.24, 2.45) is 10.9 Å². The summed E-state index contributed by atoms with van der Waals surface area (Å²) < 4.78 is 9.04. The molecule has 0 saturated heterocycles. The summed E-state index contributed by atoms with van der Waals surface area (Å²) in [4.78, 5) is 3.82. The second-order valence-electron chi connectivity index (χ2n) is 2.54. The molecule has 2 aromatic heterocycles. The van der Waals surface area contributed by atoms with Crippen molar-refractivity contribution in [2.45, 2.75) is 10.8 Å². The van der Waals surface area contributed by atoms with Gasteiger partial charge in [0, 0.05) is 0 Å². The minimum Gasteiger partial charge on any atom is -0.409 e. The Morgan fingerprint density at radius 1 is 1.50 bits per heavy atom. The van der Waals surface area contributed by atoms with E-state index in [0.717, 1.165) is 0 Å². The molecule has 0 aromatic carbocycles. The molecule has 2 heterocycles. The van der Waals surface area contributed by atoms with Crippen LogP contribution >= 0.6 is 11.8 Å². The highest BCUT2D eigenvalue weighted by molar-refractivity contribution is 7.98. The lowest BCUT2D eigenvalue weighted by atomic mass is 10.4. The van der Waals surface area contributed by atoms with E-state index in [1.165, 1.54) is 18.2 Å². The van der Waals surface area contributed by atoms with Gasteiger partial charge in [-0.3, -0.25) is 0 Å². The molecule has 0 atom stereocenters. The van der Waals surface area contributed by atoms with Crippen LogP contribution in [0.4, 0.5) is 0 Å². The Kier molecular flexibility index (Phi) is 3.00. The third-order valence-corrected chi connectivity index (χ3v) is 2.50. The molecule has 0 bridgehead atoms. The molecule has 2 rings (SSSR count). The third kappa shape index (κ3) is 2.11. The maximum Gasteiger partial charge on any atom is 0.213 e. The molecule has 0 aliphatic rings. The fourth-order valence-corrected chi connectivity index (χ4v) is 1.63. The van der Waals surface area contributed by atoms with Gasteiger partial charge in [-0.05, 0) is 10.3 Å². The van der Waals surface area contributed by atoms with Gasteiger partial charge in [0.05, 0.1) is 5.75 Å². The van der Waals surface area contributed by atoms with E-state index in [1.54, 1.807) is 0 Å². The van der Waals surface area contributed by atoms with E-state index in [1.807, 2.05) is 0 Å². The second-order valence-corrected chi connectivity index (χ2v) is 3.50.